The quantitative estimate of drug-likeness (QED) is 0.414. The van der Waals surface area contributed by atoms with E-state index in [1.54, 1.807) is 11.3 Å². The first-order valence-corrected chi connectivity index (χ1v) is 10.8. The molecule has 0 aliphatic carbocycles. The Morgan fingerprint density at radius 3 is 2.33 bits per heavy atom. The van der Waals surface area contributed by atoms with Crippen LogP contribution in [-0.4, -0.2) is 29.6 Å². The Labute approximate surface area is 178 Å². The fourth-order valence-corrected chi connectivity index (χ4v) is 4.63. The lowest BCUT2D eigenvalue weighted by atomic mass is 10.1. The molecule has 0 saturated heterocycles. The van der Waals surface area contributed by atoms with Crippen LogP contribution >= 0.6 is 11.3 Å². The van der Waals surface area contributed by atoms with Gasteiger partial charge in [0.2, 0.25) is 4.96 Å². The van der Waals surface area contributed by atoms with Gasteiger partial charge < -0.3 is 0 Å². The summed E-state index contributed by atoms with van der Waals surface area (Å²) in [5.74, 6) is 0.878. The van der Waals surface area contributed by atoms with E-state index < -0.39 is 0 Å². The maximum Gasteiger partial charge on any atom is 0.234 e. The Morgan fingerprint density at radius 2 is 1.57 bits per heavy atom. The largest absolute Gasteiger partial charge is 0.238 e. The molecule has 0 atom stereocenters. The van der Waals surface area contributed by atoms with Crippen molar-refractivity contribution >= 4 is 16.3 Å². The number of hydrogen-bond acceptors (Lipinski definition) is 5. The third-order valence-corrected chi connectivity index (χ3v) is 6.29. The lowest BCUT2D eigenvalue weighted by molar-refractivity contribution is 0.806. The number of hydrogen-bond donors (Lipinski definition) is 0. The van der Waals surface area contributed by atoms with Gasteiger partial charge in [-0.05, 0) is 43.5 Å². The highest BCUT2D eigenvalue weighted by Gasteiger charge is 2.16. The highest BCUT2D eigenvalue weighted by atomic mass is 32.1. The molecule has 0 saturated carbocycles. The van der Waals surface area contributed by atoms with Gasteiger partial charge in [-0.3, -0.25) is 0 Å². The zero-order valence-corrected chi connectivity index (χ0v) is 17.8. The van der Waals surface area contributed by atoms with Crippen LogP contribution in [0.1, 0.15) is 33.3 Å². The summed E-state index contributed by atoms with van der Waals surface area (Å²) in [6.07, 6.45) is 2.50. The molecule has 6 nitrogen and oxygen atoms in total. The van der Waals surface area contributed by atoms with Gasteiger partial charge in [0.05, 0.1) is 11.4 Å². The number of aryl methyl sites for hydroxylation is 2. The van der Waals surface area contributed by atoms with E-state index in [1.807, 2.05) is 45.6 Å². The van der Waals surface area contributed by atoms with Crippen LogP contribution < -0.4 is 0 Å². The van der Waals surface area contributed by atoms with Crippen LogP contribution in [0.3, 0.4) is 0 Å². The number of para-hydroxylation sites is 1. The second-order valence-electron chi connectivity index (χ2n) is 7.37. The smallest absolute Gasteiger partial charge is 0.234 e. The van der Waals surface area contributed by atoms with E-state index >= 15 is 0 Å². The molecule has 5 aromatic rings. The van der Waals surface area contributed by atoms with Gasteiger partial charge in [0.15, 0.2) is 5.82 Å². The Balaban J connectivity index is 1.35. The fourth-order valence-electron chi connectivity index (χ4n) is 3.78. The van der Waals surface area contributed by atoms with E-state index in [2.05, 4.69) is 48.3 Å². The van der Waals surface area contributed by atoms with Crippen LogP contribution in [0.2, 0.25) is 0 Å². The molecule has 0 aliphatic heterocycles. The number of benzene rings is 2. The summed E-state index contributed by atoms with van der Waals surface area (Å²) >= 11 is 1.61. The van der Waals surface area contributed by atoms with Crippen LogP contribution in [0.4, 0.5) is 0 Å². The standard InChI is InChI=1S/C23H22N6S/c1-16-20(17(2)28(26-16)19-11-7-4-8-12-19)13-14-22-27-29-21(24-25-23(29)30-22)15-18-9-5-3-6-10-18/h3-12H,13-15H2,1-2H3. The molecule has 0 spiro atoms. The Kier molecular flexibility index (Phi) is 4.88. The highest BCUT2D eigenvalue weighted by molar-refractivity contribution is 7.16. The number of fused-ring (bicyclic) bond motifs is 1. The van der Waals surface area contributed by atoms with Crippen molar-refractivity contribution in [1.82, 2.24) is 29.6 Å². The molecule has 0 bridgehead atoms. The molecule has 2 aromatic carbocycles. The van der Waals surface area contributed by atoms with Crippen molar-refractivity contribution in [3.8, 4) is 5.69 Å². The monoisotopic (exact) mass is 414 g/mol. The molecule has 0 N–H and O–H groups in total. The summed E-state index contributed by atoms with van der Waals surface area (Å²) in [7, 11) is 0. The first-order valence-electron chi connectivity index (χ1n) is 10.0. The van der Waals surface area contributed by atoms with Crippen molar-refractivity contribution in [1.29, 1.82) is 0 Å². The summed E-state index contributed by atoms with van der Waals surface area (Å²) in [5, 5.41) is 19.3. The van der Waals surface area contributed by atoms with Gasteiger partial charge >= 0.3 is 0 Å². The fraction of sp³-hybridized carbons (Fsp3) is 0.217. The molecule has 7 heteroatoms. The first kappa shape index (κ1) is 18.7. The summed E-state index contributed by atoms with van der Waals surface area (Å²) in [4.78, 5) is 0.851. The maximum absolute atomic E-state index is 4.79. The van der Waals surface area contributed by atoms with Crippen LogP contribution in [0.5, 0.6) is 0 Å². The van der Waals surface area contributed by atoms with Gasteiger partial charge in [-0.2, -0.15) is 14.7 Å². The minimum absolute atomic E-state index is 0.729. The van der Waals surface area contributed by atoms with E-state index in [1.165, 1.54) is 16.8 Å². The van der Waals surface area contributed by atoms with E-state index in [0.717, 1.165) is 46.4 Å². The molecule has 0 aliphatic rings. The summed E-state index contributed by atoms with van der Waals surface area (Å²) in [6.45, 7) is 4.22. The Morgan fingerprint density at radius 1 is 0.833 bits per heavy atom. The van der Waals surface area contributed by atoms with Gasteiger partial charge in [0.1, 0.15) is 5.01 Å². The van der Waals surface area contributed by atoms with E-state index in [9.17, 15) is 0 Å². The van der Waals surface area contributed by atoms with Gasteiger partial charge in [0, 0.05) is 18.5 Å². The molecule has 150 valence electrons. The number of rotatable bonds is 6. The summed E-state index contributed by atoms with van der Waals surface area (Å²) in [6, 6.07) is 20.6. The van der Waals surface area contributed by atoms with Crippen molar-refractivity contribution in [2.75, 3.05) is 0 Å². The third-order valence-electron chi connectivity index (χ3n) is 5.33. The maximum atomic E-state index is 4.79. The molecule has 5 rings (SSSR count). The van der Waals surface area contributed by atoms with Gasteiger partial charge in [-0.15, -0.1) is 10.2 Å². The predicted molar refractivity (Wildman–Crippen MR) is 118 cm³/mol. The Hall–Kier alpha value is -3.32. The van der Waals surface area contributed by atoms with Crippen LogP contribution in [0.15, 0.2) is 60.7 Å². The topological polar surface area (TPSA) is 60.9 Å². The second kappa shape index (κ2) is 7.84. The second-order valence-corrected chi connectivity index (χ2v) is 8.41. The summed E-state index contributed by atoms with van der Waals surface area (Å²) in [5.41, 5.74) is 5.85. The van der Waals surface area contributed by atoms with Crippen molar-refractivity contribution in [3.63, 3.8) is 0 Å². The molecule has 30 heavy (non-hydrogen) atoms. The molecule has 0 amide bonds. The zero-order valence-electron chi connectivity index (χ0n) is 17.0. The van der Waals surface area contributed by atoms with Crippen molar-refractivity contribution in [3.05, 3.63) is 94.0 Å². The van der Waals surface area contributed by atoms with E-state index in [-0.39, 0.29) is 0 Å². The normalized spacial score (nSPS) is 11.4. The average Bonchev–Trinajstić information content (AvgIpc) is 3.42. The molecular weight excluding hydrogens is 392 g/mol. The third kappa shape index (κ3) is 3.52. The Bertz CT molecular complexity index is 1280. The van der Waals surface area contributed by atoms with Crippen molar-refractivity contribution in [2.24, 2.45) is 0 Å². The molecule has 0 fully saturated rings. The number of aromatic nitrogens is 6. The zero-order chi connectivity index (χ0) is 20.5. The molecule has 0 radical (unpaired) electrons. The molecule has 0 unspecified atom stereocenters. The minimum atomic E-state index is 0.729. The molecular formula is C23H22N6S. The summed E-state index contributed by atoms with van der Waals surface area (Å²) < 4.78 is 3.92. The first-order chi connectivity index (χ1) is 14.7. The van der Waals surface area contributed by atoms with Crippen LogP contribution in [0.25, 0.3) is 10.6 Å². The highest BCUT2D eigenvalue weighted by Crippen LogP contribution is 2.22. The van der Waals surface area contributed by atoms with Crippen molar-refractivity contribution in [2.45, 2.75) is 33.1 Å². The average molecular weight is 415 g/mol. The van der Waals surface area contributed by atoms with Gasteiger partial charge in [0.25, 0.3) is 0 Å². The van der Waals surface area contributed by atoms with Crippen molar-refractivity contribution < 1.29 is 0 Å². The van der Waals surface area contributed by atoms with Crippen LogP contribution in [0, 0.1) is 13.8 Å². The SMILES string of the molecule is Cc1nn(-c2ccccc2)c(C)c1CCc1nn2c(Cc3ccccc3)nnc2s1. The lowest BCUT2D eigenvalue weighted by Gasteiger charge is -2.04. The lowest BCUT2D eigenvalue weighted by Crippen LogP contribution is -2.01. The number of nitrogens with zero attached hydrogens (tertiary/aromatic N) is 6. The van der Waals surface area contributed by atoms with Crippen LogP contribution in [-0.2, 0) is 19.3 Å². The predicted octanol–water partition coefficient (Wildman–Crippen LogP) is 4.36. The molecule has 3 heterocycles. The molecule has 3 aromatic heterocycles. The van der Waals surface area contributed by atoms with Gasteiger partial charge in [-0.1, -0.05) is 59.9 Å². The van der Waals surface area contributed by atoms with E-state index in [4.69, 9.17) is 10.2 Å². The van der Waals surface area contributed by atoms with E-state index in [0.29, 0.717) is 0 Å². The minimum Gasteiger partial charge on any atom is -0.238 e. The van der Waals surface area contributed by atoms with Gasteiger partial charge in [-0.25, -0.2) is 4.68 Å².